The molecule has 6 N–H and O–H groups in total. The minimum atomic E-state index is -0.775. The van der Waals surface area contributed by atoms with Crippen molar-refractivity contribution in [2.24, 2.45) is 34.4 Å². The maximum absolute atomic E-state index is 13.8. The van der Waals surface area contributed by atoms with Gasteiger partial charge in [-0.1, -0.05) is 42.5 Å². The summed E-state index contributed by atoms with van der Waals surface area (Å²) in [6.07, 6.45) is 3.73. The number of anilines is 1. The first-order valence-electron chi connectivity index (χ1n) is 17.3. The minimum Gasteiger partial charge on any atom is -0.349 e. The zero-order valence-corrected chi connectivity index (χ0v) is 28.2. The molecule has 0 radical (unpaired) electrons. The van der Waals surface area contributed by atoms with Gasteiger partial charge in [0.1, 0.15) is 6.04 Å². The molecule has 9 heteroatoms. The summed E-state index contributed by atoms with van der Waals surface area (Å²) in [6.45, 7) is 6.57. The molecule has 252 valence electrons. The lowest BCUT2D eigenvalue weighted by Crippen LogP contribution is -2.48. The van der Waals surface area contributed by atoms with Crippen LogP contribution in [0.3, 0.4) is 0 Å². The second kappa shape index (κ2) is 14.8. The molecule has 1 saturated heterocycles. The Bertz CT molecular complexity index is 1670. The molecule has 48 heavy (non-hydrogen) atoms. The van der Waals surface area contributed by atoms with Gasteiger partial charge in [0.25, 0.3) is 5.91 Å². The average Bonchev–Trinajstić information content (AvgIpc) is 3.50. The zero-order valence-electron chi connectivity index (χ0n) is 28.2. The number of rotatable bonds is 11. The van der Waals surface area contributed by atoms with Crippen molar-refractivity contribution in [1.29, 1.82) is 0 Å². The van der Waals surface area contributed by atoms with Crippen LogP contribution in [0.4, 0.5) is 5.69 Å². The molecule has 2 unspecified atom stereocenters. The Morgan fingerprint density at radius 1 is 0.938 bits per heavy atom. The molecule has 0 bridgehead atoms. The van der Waals surface area contributed by atoms with Crippen LogP contribution in [0.15, 0.2) is 71.7 Å². The molecule has 0 aromatic heterocycles. The Morgan fingerprint density at radius 3 is 2.35 bits per heavy atom. The summed E-state index contributed by atoms with van der Waals surface area (Å²) >= 11 is 0. The van der Waals surface area contributed by atoms with E-state index < -0.39 is 6.04 Å². The second-order valence-electron chi connectivity index (χ2n) is 13.8. The van der Waals surface area contributed by atoms with E-state index in [9.17, 15) is 14.4 Å². The van der Waals surface area contributed by atoms with Crippen molar-refractivity contribution < 1.29 is 14.4 Å². The van der Waals surface area contributed by atoms with Crippen molar-refractivity contribution in [3.05, 3.63) is 89.0 Å². The van der Waals surface area contributed by atoms with Crippen LogP contribution in [-0.4, -0.2) is 62.2 Å². The van der Waals surface area contributed by atoms with Gasteiger partial charge in [0, 0.05) is 55.5 Å². The molecule has 1 aliphatic heterocycles. The summed E-state index contributed by atoms with van der Waals surface area (Å²) in [6, 6.07) is 20.9. The number of aliphatic imine (C=N–C) groups is 1. The molecule has 2 saturated carbocycles. The van der Waals surface area contributed by atoms with Gasteiger partial charge in [0.05, 0.1) is 0 Å². The van der Waals surface area contributed by atoms with Crippen LogP contribution in [0.1, 0.15) is 59.7 Å². The van der Waals surface area contributed by atoms with Gasteiger partial charge in [0.15, 0.2) is 0 Å². The lowest BCUT2D eigenvalue weighted by molar-refractivity contribution is -0.130. The van der Waals surface area contributed by atoms with E-state index >= 15 is 0 Å². The Hall–Kier alpha value is -4.34. The number of nitrogens with zero attached hydrogens (tertiary/aromatic N) is 1. The number of hydrogen-bond acceptors (Lipinski definition) is 6. The van der Waals surface area contributed by atoms with Crippen LogP contribution < -0.4 is 27.0 Å². The van der Waals surface area contributed by atoms with Gasteiger partial charge in [-0.15, -0.1) is 0 Å². The van der Waals surface area contributed by atoms with Gasteiger partial charge in [-0.25, -0.2) is 0 Å². The normalized spacial score (nSPS) is 23.9. The lowest BCUT2D eigenvalue weighted by atomic mass is 9.81. The molecule has 3 aliphatic rings. The number of aryl methyl sites for hydroxylation is 1. The number of piperidine rings is 1. The van der Waals surface area contributed by atoms with E-state index in [0.29, 0.717) is 42.0 Å². The molecular weight excluding hydrogens is 600 g/mol. The largest absolute Gasteiger partial charge is 0.349 e. The predicted octanol–water partition coefficient (Wildman–Crippen LogP) is 4.48. The smallest absolute Gasteiger partial charge is 0.251 e. The highest BCUT2D eigenvalue weighted by Gasteiger charge is 2.53. The van der Waals surface area contributed by atoms with Crippen LogP contribution in [-0.2, 0) is 16.0 Å². The molecule has 3 atom stereocenters. The van der Waals surface area contributed by atoms with Crippen LogP contribution in [0.5, 0.6) is 0 Å². The summed E-state index contributed by atoms with van der Waals surface area (Å²) in [4.78, 5) is 44.7. The monoisotopic (exact) mass is 648 g/mol. The van der Waals surface area contributed by atoms with E-state index in [-0.39, 0.29) is 29.7 Å². The minimum absolute atomic E-state index is 0.0461. The third-order valence-electron chi connectivity index (χ3n) is 10.7. The Labute approximate surface area is 283 Å². The summed E-state index contributed by atoms with van der Waals surface area (Å²) in [5.74, 6) is 1.01. The van der Waals surface area contributed by atoms with Crippen molar-refractivity contribution in [2.45, 2.75) is 58.0 Å². The zero-order chi connectivity index (χ0) is 33.8. The van der Waals surface area contributed by atoms with Gasteiger partial charge in [-0.2, -0.15) is 0 Å². The number of fused-ring (bicyclic) bond motifs is 1. The van der Waals surface area contributed by atoms with Crippen LogP contribution in [0.25, 0.3) is 11.1 Å². The quantitative estimate of drug-likeness (QED) is 0.195. The molecule has 0 spiro atoms. The molecule has 3 amide bonds. The fourth-order valence-electron chi connectivity index (χ4n) is 7.35. The maximum Gasteiger partial charge on any atom is 0.251 e. The molecule has 1 heterocycles. The number of benzene rings is 3. The fraction of sp³-hybridized carbons (Fsp3) is 0.436. The van der Waals surface area contributed by atoms with Crippen molar-refractivity contribution in [1.82, 2.24) is 16.0 Å². The molecule has 3 aromatic rings. The van der Waals surface area contributed by atoms with Crippen LogP contribution in [0, 0.1) is 30.6 Å². The van der Waals surface area contributed by atoms with E-state index in [0.717, 1.165) is 72.3 Å². The van der Waals surface area contributed by atoms with Crippen LogP contribution >= 0.6 is 0 Å². The standard InChI is InChI=1S/C39H48N6O3/c1-23-7-8-26(17-32(23)29-5-4-6-30(19-29)38(47)45-36-33-21-42-22-34(33)36)18-35(44-37(46)28-11-9-25(20-40)10-12-28)39(48)43-31-15-13-27(14-16-31)24(2)41-3/h4-8,13-17,19,25,28,33-36,42H,9-12,18,20-22,40H2,1-3H3,(H,43,48)(H,44,46)(H,45,47)/t25?,28?,33?,34?,35-,36?/m0/s1. The molecule has 3 aromatic carbocycles. The first kappa shape index (κ1) is 33.6. The maximum atomic E-state index is 13.8. The molecule has 2 aliphatic carbocycles. The van der Waals surface area contributed by atoms with Gasteiger partial charge in [0.2, 0.25) is 11.8 Å². The number of nitrogens with two attached hydrogens (primary N) is 1. The topological polar surface area (TPSA) is 138 Å². The van der Waals surface area contributed by atoms with Crippen molar-refractivity contribution in [3.63, 3.8) is 0 Å². The number of nitrogens with one attached hydrogen (secondary N) is 4. The lowest BCUT2D eigenvalue weighted by Gasteiger charge is -2.28. The summed E-state index contributed by atoms with van der Waals surface area (Å²) in [7, 11) is 1.75. The molecule has 9 nitrogen and oxygen atoms in total. The van der Waals surface area contributed by atoms with E-state index in [4.69, 9.17) is 5.73 Å². The predicted molar refractivity (Wildman–Crippen MR) is 191 cm³/mol. The van der Waals surface area contributed by atoms with Gasteiger partial charge < -0.3 is 27.0 Å². The summed E-state index contributed by atoms with van der Waals surface area (Å²) in [5.41, 5.74) is 13.0. The highest BCUT2D eigenvalue weighted by molar-refractivity contribution is 6.00. The average molecular weight is 649 g/mol. The van der Waals surface area contributed by atoms with E-state index in [1.54, 1.807) is 7.05 Å². The second-order valence-corrected chi connectivity index (χ2v) is 13.8. The van der Waals surface area contributed by atoms with Gasteiger partial charge in [-0.05, 0) is 116 Å². The summed E-state index contributed by atoms with van der Waals surface area (Å²) < 4.78 is 0. The Morgan fingerprint density at radius 2 is 1.67 bits per heavy atom. The molecule has 6 rings (SSSR count). The molecule has 3 fully saturated rings. The number of amides is 3. The number of carbonyl (C=O) groups is 3. The summed E-state index contributed by atoms with van der Waals surface area (Å²) in [5, 5.41) is 12.7. The van der Waals surface area contributed by atoms with E-state index in [1.807, 2.05) is 74.5 Å². The van der Waals surface area contributed by atoms with Crippen LogP contribution in [0.2, 0.25) is 0 Å². The highest BCUT2D eigenvalue weighted by Crippen LogP contribution is 2.41. The van der Waals surface area contributed by atoms with Crippen molar-refractivity contribution in [2.75, 3.05) is 32.0 Å². The van der Waals surface area contributed by atoms with Gasteiger partial charge >= 0.3 is 0 Å². The first-order chi connectivity index (χ1) is 23.2. The first-order valence-corrected chi connectivity index (χ1v) is 17.3. The Kier molecular flexibility index (Phi) is 10.4. The van der Waals surface area contributed by atoms with Gasteiger partial charge in [-0.3, -0.25) is 19.4 Å². The van der Waals surface area contributed by atoms with E-state index in [2.05, 4.69) is 32.3 Å². The van der Waals surface area contributed by atoms with E-state index in [1.165, 1.54) is 0 Å². The third-order valence-corrected chi connectivity index (χ3v) is 10.7. The number of carbonyl (C=O) groups excluding carboxylic acids is 3. The molecular formula is C39H48N6O3. The fourth-order valence-corrected chi connectivity index (χ4v) is 7.35. The third kappa shape index (κ3) is 7.69. The van der Waals surface area contributed by atoms with Crippen molar-refractivity contribution in [3.8, 4) is 11.1 Å². The highest BCUT2D eigenvalue weighted by atomic mass is 16.2. The Balaban J connectivity index is 1.20. The van der Waals surface area contributed by atoms with Crippen molar-refractivity contribution >= 4 is 29.1 Å². The number of hydrogen-bond donors (Lipinski definition) is 5. The SMILES string of the molecule is CN=C(C)c1ccc(NC(=O)[C@H](Cc2ccc(C)c(-c3cccc(C(=O)NC4C5CNCC54)c3)c2)NC(=O)C2CCC(CN)CC2)cc1.